The molecule has 0 aromatic heterocycles. The molecule has 2 aromatic rings. The van der Waals surface area contributed by atoms with Crippen molar-refractivity contribution in [2.24, 2.45) is 0 Å². The van der Waals surface area contributed by atoms with Gasteiger partial charge in [-0.25, -0.2) is 4.39 Å². The molecule has 0 bridgehead atoms. The molecule has 2 N–H and O–H groups in total. The minimum absolute atomic E-state index is 0.0711. The van der Waals surface area contributed by atoms with E-state index in [-0.39, 0.29) is 12.3 Å². The molecule has 3 amide bonds. The van der Waals surface area contributed by atoms with E-state index in [1.807, 2.05) is 12.1 Å². The lowest BCUT2D eigenvalue weighted by Crippen LogP contribution is -2.47. The molecule has 1 fully saturated rings. The number of rotatable bonds is 6. The van der Waals surface area contributed by atoms with Crippen molar-refractivity contribution >= 4 is 23.4 Å². The molecular weight excluding hydrogens is 377 g/mol. The number of nitrogens with zero attached hydrogens (tertiary/aromatic N) is 1. The summed E-state index contributed by atoms with van der Waals surface area (Å²) in [4.78, 5) is 37.6. The van der Waals surface area contributed by atoms with Crippen molar-refractivity contribution < 1.29 is 23.5 Å². The van der Waals surface area contributed by atoms with Gasteiger partial charge in [-0.1, -0.05) is 12.1 Å². The second-order valence-corrected chi connectivity index (χ2v) is 6.74. The number of amides is 3. The van der Waals surface area contributed by atoms with Gasteiger partial charge in [-0.3, -0.25) is 25.2 Å². The van der Waals surface area contributed by atoms with Gasteiger partial charge in [0.2, 0.25) is 11.8 Å². The van der Waals surface area contributed by atoms with Gasteiger partial charge in [0.15, 0.2) is 6.10 Å². The van der Waals surface area contributed by atoms with Crippen molar-refractivity contribution in [3.05, 3.63) is 59.9 Å². The molecule has 8 heteroatoms. The number of hydrazine groups is 1. The van der Waals surface area contributed by atoms with E-state index >= 15 is 0 Å². The summed E-state index contributed by atoms with van der Waals surface area (Å²) >= 11 is 0. The summed E-state index contributed by atoms with van der Waals surface area (Å²) in [6.45, 7) is 2.23. The van der Waals surface area contributed by atoms with Gasteiger partial charge >= 0.3 is 0 Å². The summed E-state index contributed by atoms with van der Waals surface area (Å²) < 4.78 is 18.3. The second-order valence-electron chi connectivity index (χ2n) is 6.74. The number of halogens is 1. The van der Waals surface area contributed by atoms with E-state index in [1.54, 1.807) is 17.0 Å². The quantitative estimate of drug-likeness (QED) is 0.729. The number of hydrogen-bond donors (Lipinski definition) is 2. The van der Waals surface area contributed by atoms with Crippen molar-refractivity contribution in [1.82, 2.24) is 10.9 Å². The van der Waals surface area contributed by atoms with Crippen LogP contribution in [0.15, 0.2) is 48.5 Å². The van der Waals surface area contributed by atoms with Crippen molar-refractivity contribution in [3.63, 3.8) is 0 Å². The van der Waals surface area contributed by atoms with Crippen LogP contribution in [0.5, 0.6) is 5.75 Å². The molecular formula is C21H22FN3O4. The molecule has 1 saturated heterocycles. The highest BCUT2D eigenvalue weighted by Gasteiger charge is 2.21. The first-order chi connectivity index (χ1) is 13.9. The maximum absolute atomic E-state index is 12.9. The molecule has 1 unspecified atom stereocenters. The molecule has 0 radical (unpaired) electrons. The summed E-state index contributed by atoms with van der Waals surface area (Å²) in [7, 11) is 0. The van der Waals surface area contributed by atoms with Crippen LogP contribution in [0.4, 0.5) is 10.1 Å². The Kier molecular flexibility index (Phi) is 6.43. The van der Waals surface area contributed by atoms with Crippen LogP contribution in [0, 0.1) is 5.82 Å². The maximum atomic E-state index is 12.9. The number of nitrogens with one attached hydrogen (secondary N) is 2. The Balaban J connectivity index is 1.44. The first kappa shape index (κ1) is 20.3. The van der Waals surface area contributed by atoms with Gasteiger partial charge in [0.05, 0.1) is 6.42 Å². The van der Waals surface area contributed by atoms with Gasteiger partial charge in [0, 0.05) is 18.7 Å². The van der Waals surface area contributed by atoms with E-state index in [9.17, 15) is 18.8 Å². The Morgan fingerprint density at radius 3 is 2.41 bits per heavy atom. The number of benzene rings is 2. The first-order valence-electron chi connectivity index (χ1n) is 9.32. The third-order valence-electron chi connectivity index (χ3n) is 4.51. The van der Waals surface area contributed by atoms with Gasteiger partial charge in [0.25, 0.3) is 5.91 Å². The molecule has 3 rings (SSSR count). The summed E-state index contributed by atoms with van der Waals surface area (Å²) in [5.74, 6) is -0.878. The third-order valence-corrected chi connectivity index (χ3v) is 4.51. The molecule has 0 aliphatic carbocycles. The van der Waals surface area contributed by atoms with Crippen LogP contribution in [0.25, 0.3) is 0 Å². The van der Waals surface area contributed by atoms with Gasteiger partial charge in [-0.2, -0.15) is 0 Å². The average Bonchev–Trinajstić information content (AvgIpc) is 3.14. The number of anilines is 1. The Morgan fingerprint density at radius 1 is 1.10 bits per heavy atom. The SMILES string of the molecule is CC(Oc1ccc(F)cc1)C(=O)NNC(=O)Cc1ccc(N2CCCC2=O)cc1. The van der Waals surface area contributed by atoms with Crippen LogP contribution in [0.2, 0.25) is 0 Å². The molecule has 0 spiro atoms. The minimum Gasteiger partial charge on any atom is -0.481 e. The Bertz CT molecular complexity index is 884. The van der Waals surface area contributed by atoms with Crippen LogP contribution >= 0.6 is 0 Å². The van der Waals surface area contributed by atoms with Crippen molar-refractivity contribution in [2.45, 2.75) is 32.3 Å². The lowest BCUT2D eigenvalue weighted by molar-refractivity contribution is -0.132. The molecule has 29 heavy (non-hydrogen) atoms. The highest BCUT2D eigenvalue weighted by atomic mass is 19.1. The van der Waals surface area contributed by atoms with Gasteiger partial charge in [0.1, 0.15) is 11.6 Å². The Morgan fingerprint density at radius 2 is 1.79 bits per heavy atom. The normalized spacial score (nSPS) is 14.4. The van der Waals surface area contributed by atoms with E-state index in [2.05, 4.69) is 10.9 Å². The van der Waals surface area contributed by atoms with Crippen molar-refractivity contribution in [1.29, 1.82) is 0 Å². The van der Waals surface area contributed by atoms with E-state index in [0.717, 1.165) is 17.7 Å². The fourth-order valence-electron chi connectivity index (χ4n) is 2.95. The molecule has 7 nitrogen and oxygen atoms in total. The summed E-state index contributed by atoms with van der Waals surface area (Å²) in [5.41, 5.74) is 6.22. The van der Waals surface area contributed by atoms with E-state index in [4.69, 9.17) is 4.74 Å². The Hall–Kier alpha value is -3.42. The predicted octanol–water partition coefficient (Wildman–Crippen LogP) is 2.11. The topological polar surface area (TPSA) is 87.7 Å². The molecule has 1 heterocycles. The number of carbonyl (C=O) groups is 3. The highest BCUT2D eigenvalue weighted by Crippen LogP contribution is 2.21. The van der Waals surface area contributed by atoms with Gasteiger partial charge in [-0.05, 0) is 55.3 Å². The number of ether oxygens (including phenoxy) is 1. The number of hydrogen-bond acceptors (Lipinski definition) is 4. The van der Waals surface area contributed by atoms with Crippen LogP contribution in [0.3, 0.4) is 0 Å². The zero-order chi connectivity index (χ0) is 20.8. The summed E-state index contributed by atoms with van der Waals surface area (Å²) in [5, 5.41) is 0. The fourth-order valence-corrected chi connectivity index (χ4v) is 2.95. The molecule has 1 aliphatic rings. The van der Waals surface area contributed by atoms with Crippen LogP contribution in [-0.4, -0.2) is 30.4 Å². The molecule has 0 saturated carbocycles. The third kappa shape index (κ3) is 5.54. The van der Waals surface area contributed by atoms with E-state index < -0.39 is 23.7 Å². The minimum atomic E-state index is -0.877. The van der Waals surface area contributed by atoms with Crippen molar-refractivity contribution in [3.8, 4) is 5.75 Å². The fraction of sp³-hybridized carbons (Fsp3) is 0.286. The van der Waals surface area contributed by atoms with Crippen molar-refractivity contribution in [2.75, 3.05) is 11.4 Å². The second kappa shape index (κ2) is 9.18. The average molecular weight is 399 g/mol. The standard InChI is InChI=1S/C21H22FN3O4/c1-14(29-18-10-6-16(22)7-11-18)21(28)24-23-19(26)13-15-4-8-17(9-5-15)25-12-2-3-20(25)27/h4-11,14H,2-3,12-13H2,1H3,(H,23,26)(H,24,28). The van der Waals surface area contributed by atoms with Crippen LogP contribution in [-0.2, 0) is 20.8 Å². The zero-order valence-electron chi connectivity index (χ0n) is 16.0. The van der Waals surface area contributed by atoms with E-state index in [1.165, 1.54) is 31.2 Å². The van der Waals surface area contributed by atoms with Gasteiger partial charge in [-0.15, -0.1) is 0 Å². The molecule has 2 aromatic carbocycles. The van der Waals surface area contributed by atoms with Gasteiger partial charge < -0.3 is 9.64 Å². The zero-order valence-corrected chi connectivity index (χ0v) is 16.0. The summed E-state index contributed by atoms with van der Waals surface area (Å²) in [6.07, 6.45) is 0.610. The largest absolute Gasteiger partial charge is 0.481 e. The Labute approximate surface area is 167 Å². The summed E-state index contributed by atoms with van der Waals surface area (Å²) in [6, 6.07) is 12.5. The highest BCUT2D eigenvalue weighted by molar-refractivity contribution is 5.95. The first-order valence-corrected chi connectivity index (χ1v) is 9.32. The lowest BCUT2D eigenvalue weighted by Gasteiger charge is -2.16. The van der Waals surface area contributed by atoms with Crippen LogP contribution in [0.1, 0.15) is 25.3 Å². The monoisotopic (exact) mass is 399 g/mol. The van der Waals surface area contributed by atoms with Crippen LogP contribution < -0.4 is 20.5 Å². The smallest absolute Gasteiger partial charge is 0.279 e. The van der Waals surface area contributed by atoms with E-state index in [0.29, 0.717) is 18.7 Å². The number of carbonyl (C=O) groups excluding carboxylic acids is 3. The molecule has 1 atom stereocenters. The lowest BCUT2D eigenvalue weighted by atomic mass is 10.1. The molecule has 152 valence electrons. The molecule has 1 aliphatic heterocycles. The predicted molar refractivity (Wildman–Crippen MR) is 105 cm³/mol. The maximum Gasteiger partial charge on any atom is 0.279 e.